The summed E-state index contributed by atoms with van der Waals surface area (Å²) in [7, 11) is -1.84. The van der Waals surface area contributed by atoms with Gasteiger partial charge in [-0.3, -0.25) is 9.59 Å². The molecule has 0 spiro atoms. The van der Waals surface area contributed by atoms with Gasteiger partial charge in [-0.15, -0.1) is 0 Å². The third-order valence-electron chi connectivity index (χ3n) is 3.83. The molecule has 0 fully saturated rings. The molecule has 2 amide bonds. The molecule has 0 heterocycles. The van der Waals surface area contributed by atoms with E-state index in [4.69, 9.17) is 0 Å². The largest absolute Gasteiger partial charge is 0.322 e. The van der Waals surface area contributed by atoms with Crippen molar-refractivity contribution < 1.29 is 18.0 Å². The van der Waals surface area contributed by atoms with E-state index >= 15 is 0 Å². The van der Waals surface area contributed by atoms with Crippen molar-refractivity contribution in [1.29, 1.82) is 0 Å². The van der Waals surface area contributed by atoms with E-state index in [1.54, 1.807) is 43.4 Å². The first-order chi connectivity index (χ1) is 11.8. The predicted octanol–water partition coefficient (Wildman–Crippen LogP) is 2.72. The summed E-state index contributed by atoms with van der Waals surface area (Å²) in [5, 5.41) is 2.68. The Balaban J connectivity index is 2.25. The highest BCUT2D eigenvalue weighted by Gasteiger charge is 2.20. The molecule has 0 aliphatic rings. The van der Waals surface area contributed by atoms with Gasteiger partial charge in [0.15, 0.2) is 9.84 Å². The molecular formula is C18H20N2O4S. The highest BCUT2D eigenvalue weighted by Crippen LogP contribution is 2.21. The lowest BCUT2D eigenvalue weighted by molar-refractivity contribution is -0.116. The van der Waals surface area contributed by atoms with Crippen molar-refractivity contribution in [3.05, 3.63) is 54.1 Å². The molecule has 2 rings (SSSR count). The van der Waals surface area contributed by atoms with Crippen LogP contribution in [0.5, 0.6) is 0 Å². The van der Waals surface area contributed by atoms with Crippen molar-refractivity contribution in [2.45, 2.75) is 18.7 Å². The number of carbonyl (C=O) groups is 2. The summed E-state index contributed by atoms with van der Waals surface area (Å²) in [5.41, 5.74) is 1.31. The number of amides is 2. The molecule has 2 aromatic carbocycles. The van der Waals surface area contributed by atoms with Crippen LogP contribution in [0.2, 0.25) is 0 Å². The molecule has 0 unspecified atom stereocenters. The number of nitrogens with one attached hydrogen (secondary N) is 1. The van der Waals surface area contributed by atoms with E-state index in [1.165, 1.54) is 30.9 Å². The molecule has 0 bridgehead atoms. The van der Waals surface area contributed by atoms with Crippen molar-refractivity contribution in [3.8, 4) is 0 Å². The fourth-order valence-corrected chi connectivity index (χ4v) is 3.32. The van der Waals surface area contributed by atoms with E-state index < -0.39 is 15.7 Å². The summed E-state index contributed by atoms with van der Waals surface area (Å²) in [5.74, 6) is -0.681. The van der Waals surface area contributed by atoms with Gasteiger partial charge in [0, 0.05) is 25.3 Å². The lowest BCUT2D eigenvalue weighted by atomic mass is 10.2. The first-order valence-corrected chi connectivity index (χ1v) is 9.39. The minimum atomic E-state index is -3.50. The van der Waals surface area contributed by atoms with Crippen molar-refractivity contribution in [2.24, 2.45) is 0 Å². The standard InChI is InChI=1S/C18H20N2O4S/c1-4-25(23,24)17-8-6-5-7-16(17)18(22)19-14-9-11-15(12-10-14)20(3)13(2)21/h5-12H,4H2,1-3H3,(H,19,22). The number of carbonyl (C=O) groups excluding carboxylic acids is 2. The Morgan fingerprint density at radius 1 is 1.04 bits per heavy atom. The van der Waals surface area contributed by atoms with Crippen LogP contribution in [-0.2, 0) is 14.6 Å². The summed E-state index contributed by atoms with van der Waals surface area (Å²) in [6.07, 6.45) is 0. The van der Waals surface area contributed by atoms with Gasteiger partial charge in [-0.1, -0.05) is 19.1 Å². The first-order valence-electron chi connectivity index (χ1n) is 7.73. The van der Waals surface area contributed by atoms with E-state index in [-0.39, 0.29) is 22.1 Å². The molecule has 0 atom stereocenters. The molecule has 132 valence electrons. The van der Waals surface area contributed by atoms with E-state index in [0.29, 0.717) is 11.4 Å². The average Bonchev–Trinajstić information content (AvgIpc) is 2.61. The van der Waals surface area contributed by atoms with Crippen molar-refractivity contribution >= 4 is 33.0 Å². The predicted molar refractivity (Wildman–Crippen MR) is 97.6 cm³/mol. The van der Waals surface area contributed by atoms with E-state index in [2.05, 4.69) is 5.32 Å². The SMILES string of the molecule is CCS(=O)(=O)c1ccccc1C(=O)Nc1ccc(N(C)C(C)=O)cc1. The second kappa shape index (κ2) is 7.48. The molecule has 0 aliphatic carbocycles. The first kappa shape index (κ1) is 18.7. The zero-order valence-electron chi connectivity index (χ0n) is 14.3. The molecule has 1 N–H and O–H groups in total. The highest BCUT2D eigenvalue weighted by molar-refractivity contribution is 7.91. The van der Waals surface area contributed by atoms with Gasteiger partial charge in [0.1, 0.15) is 0 Å². The maximum Gasteiger partial charge on any atom is 0.256 e. The molecule has 7 heteroatoms. The smallest absolute Gasteiger partial charge is 0.256 e. The Kier molecular flexibility index (Phi) is 5.58. The van der Waals surface area contributed by atoms with Crippen LogP contribution in [0.1, 0.15) is 24.2 Å². The fourth-order valence-electron chi connectivity index (χ4n) is 2.23. The lowest BCUT2D eigenvalue weighted by Crippen LogP contribution is -2.22. The molecule has 0 aliphatic heterocycles. The Labute approximate surface area is 147 Å². The Bertz CT molecular complexity index is 890. The molecule has 0 radical (unpaired) electrons. The molecule has 2 aromatic rings. The quantitative estimate of drug-likeness (QED) is 0.889. The van der Waals surface area contributed by atoms with Crippen LogP contribution in [0.25, 0.3) is 0 Å². The number of benzene rings is 2. The maximum atomic E-state index is 12.5. The number of nitrogens with zero attached hydrogens (tertiary/aromatic N) is 1. The van der Waals surface area contributed by atoms with Gasteiger partial charge in [0.05, 0.1) is 16.2 Å². The van der Waals surface area contributed by atoms with E-state index in [9.17, 15) is 18.0 Å². The second-order valence-corrected chi connectivity index (χ2v) is 7.73. The Morgan fingerprint density at radius 2 is 1.64 bits per heavy atom. The van der Waals surface area contributed by atoms with E-state index in [1.807, 2.05) is 0 Å². The van der Waals surface area contributed by atoms with Gasteiger partial charge in [0.25, 0.3) is 5.91 Å². The third-order valence-corrected chi connectivity index (χ3v) is 5.62. The number of anilines is 2. The summed E-state index contributed by atoms with van der Waals surface area (Å²) in [4.78, 5) is 25.3. The monoisotopic (exact) mass is 360 g/mol. The van der Waals surface area contributed by atoms with Gasteiger partial charge in [-0.05, 0) is 36.4 Å². The lowest BCUT2D eigenvalue weighted by Gasteiger charge is -2.15. The summed E-state index contributed by atoms with van der Waals surface area (Å²) >= 11 is 0. The van der Waals surface area contributed by atoms with Crippen LogP contribution in [-0.4, -0.2) is 33.0 Å². The van der Waals surface area contributed by atoms with E-state index in [0.717, 1.165) is 0 Å². The molecule has 0 aromatic heterocycles. The molecule has 0 saturated heterocycles. The topological polar surface area (TPSA) is 83.6 Å². The second-order valence-electron chi connectivity index (χ2n) is 5.48. The van der Waals surface area contributed by atoms with Crippen LogP contribution >= 0.6 is 0 Å². The Hall–Kier alpha value is -2.67. The summed E-state index contributed by atoms with van der Waals surface area (Å²) in [6.45, 7) is 3.00. The maximum absolute atomic E-state index is 12.5. The molecule has 25 heavy (non-hydrogen) atoms. The van der Waals surface area contributed by atoms with Crippen LogP contribution in [0, 0.1) is 0 Å². The number of rotatable bonds is 5. The zero-order chi connectivity index (χ0) is 18.6. The Morgan fingerprint density at radius 3 is 2.20 bits per heavy atom. The molecule has 0 saturated carbocycles. The van der Waals surface area contributed by atoms with Crippen LogP contribution in [0.3, 0.4) is 0 Å². The van der Waals surface area contributed by atoms with Crippen LogP contribution in [0.15, 0.2) is 53.4 Å². The van der Waals surface area contributed by atoms with Gasteiger partial charge in [-0.25, -0.2) is 8.42 Å². The van der Waals surface area contributed by atoms with Gasteiger partial charge >= 0.3 is 0 Å². The molecular weight excluding hydrogens is 340 g/mol. The van der Waals surface area contributed by atoms with Gasteiger partial charge in [0.2, 0.25) is 5.91 Å². The minimum Gasteiger partial charge on any atom is -0.322 e. The summed E-state index contributed by atoms with van der Waals surface area (Å²) < 4.78 is 24.3. The number of sulfone groups is 1. The van der Waals surface area contributed by atoms with Gasteiger partial charge < -0.3 is 10.2 Å². The third kappa shape index (κ3) is 4.24. The molecule has 6 nitrogen and oxygen atoms in total. The normalized spacial score (nSPS) is 11.0. The van der Waals surface area contributed by atoms with Gasteiger partial charge in [-0.2, -0.15) is 0 Å². The van der Waals surface area contributed by atoms with Crippen molar-refractivity contribution in [2.75, 3.05) is 23.0 Å². The summed E-state index contributed by atoms with van der Waals surface area (Å²) in [6, 6.07) is 12.8. The number of hydrogen-bond donors (Lipinski definition) is 1. The van der Waals surface area contributed by atoms with Crippen molar-refractivity contribution in [1.82, 2.24) is 0 Å². The number of hydrogen-bond acceptors (Lipinski definition) is 4. The minimum absolute atomic E-state index is 0.0166. The van der Waals surface area contributed by atoms with Crippen LogP contribution < -0.4 is 10.2 Å². The fraction of sp³-hybridized carbons (Fsp3) is 0.222. The van der Waals surface area contributed by atoms with Crippen molar-refractivity contribution in [3.63, 3.8) is 0 Å². The van der Waals surface area contributed by atoms with Crippen LogP contribution in [0.4, 0.5) is 11.4 Å². The average molecular weight is 360 g/mol. The zero-order valence-corrected chi connectivity index (χ0v) is 15.1. The highest BCUT2D eigenvalue weighted by atomic mass is 32.2.